The van der Waals surface area contributed by atoms with Crippen molar-refractivity contribution in [2.24, 2.45) is 0 Å². The zero-order valence-corrected chi connectivity index (χ0v) is 10.1. The summed E-state index contributed by atoms with van der Waals surface area (Å²) in [7, 11) is -5.17. The molecule has 0 aromatic carbocycles. The van der Waals surface area contributed by atoms with Gasteiger partial charge in [-0.25, -0.2) is 0 Å². The van der Waals surface area contributed by atoms with Crippen molar-refractivity contribution in [2.45, 2.75) is 0 Å². The van der Waals surface area contributed by atoms with Crippen molar-refractivity contribution in [3.8, 4) is 0 Å². The van der Waals surface area contributed by atoms with Crippen LogP contribution in [0.3, 0.4) is 0 Å². The van der Waals surface area contributed by atoms with E-state index in [1.165, 1.54) is 0 Å². The zero-order chi connectivity index (χ0) is 4.50. The van der Waals surface area contributed by atoms with Crippen molar-refractivity contribution in [2.75, 3.05) is 0 Å². The minimum Gasteiger partial charge on any atom is -0.759 e. The average Bonchev–Trinajstić information content (AvgIpc) is 0.722. The molecule has 0 N–H and O–H groups in total. The molecular weight excluding hydrogens is 376 g/mol. The number of rotatable bonds is 0. The van der Waals surface area contributed by atoms with E-state index in [9.17, 15) is 0 Å². The topological polar surface area (TPSA) is 80.3 Å². The summed E-state index contributed by atoms with van der Waals surface area (Å²) in [6.45, 7) is 0. The second-order valence-electron chi connectivity index (χ2n) is 0.408. The fraction of sp³-hybridized carbons (Fsp3) is 0. The van der Waals surface area contributed by atoms with Crippen molar-refractivity contribution in [1.82, 2.24) is 0 Å². The molecule has 0 aliphatic heterocycles. The van der Waals surface area contributed by atoms with Gasteiger partial charge in [-0.1, -0.05) is 0 Å². The van der Waals surface area contributed by atoms with E-state index >= 15 is 0 Å². The minimum atomic E-state index is -5.17. The van der Waals surface area contributed by atoms with Gasteiger partial charge in [-0.05, 0) is 0 Å². The quantitative estimate of drug-likeness (QED) is 0.387. The second kappa shape index (κ2) is 6.74. The van der Waals surface area contributed by atoms with Crippen LogP contribution in [0.25, 0.3) is 0 Å². The molecule has 0 atom stereocenters. The van der Waals surface area contributed by atoms with Crippen molar-refractivity contribution in [1.29, 1.82) is 0 Å². The molecule has 7 heavy (non-hydrogen) atoms. The normalized spacial score (nSPS) is 8.29. The van der Waals surface area contributed by atoms with E-state index in [4.69, 9.17) is 17.5 Å². The van der Waals surface area contributed by atoms with Crippen LogP contribution in [0.5, 0.6) is 0 Å². The van der Waals surface area contributed by atoms with Crippen molar-refractivity contribution < 1.29 is 101 Å². The van der Waals surface area contributed by atoms with Crippen LogP contribution in [0.1, 0.15) is 0 Å². The van der Waals surface area contributed by atoms with E-state index in [0.29, 0.717) is 0 Å². The maximum Gasteiger partial charge on any atom is 0.0311 e. The van der Waals surface area contributed by atoms with E-state index in [1.807, 2.05) is 0 Å². The first kappa shape index (κ1) is 16.3. The Morgan fingerprint density at radius 3 is 1.00 bits per heavy atom. The Morgan fingerprint density at radius 1 is 1.00 bits per heavy atom. The molecule has 0 spiro atoms. The summed E-state index contributed by atoms with van der Waals surface area (Å²) >= 11 is 0. The molecule has 0 saturated heterocycles. The molecular formula is Ce2O4S-2. The average molecular weight is 376 g/mol. The van der Waals surface area contributed by atoms with Crippen LogP contribution >= 0.6 is 0 Å². The molecule has 0 heterocycles. The predicted octanol–water partition coefficient (Wildman–Crippen LogP) is -1.34. The first-order valence-electron chi connectivity index (χ1n) is 0.667. The van der Waals surface area contributed by atoms with Crippen LogP contribution in [-0.4, -0.2) is 17.5 Å². The van der Waals surface area contributed by atoms with Crippen LogP contribution in [0.2, 0.25) is 0 Å². The summed E-state index contributed by atoms with van der Waals surface area (Å²) in [6, 6.07) is 0. The summed E-state index contributed by atoms with van der Waals surface area (Å²) in [5, 5.41) is 0. The molecule has 0 amide bonds. The van der Waals surface area contributed by atoms with Gasteiger partial charge in [-0.2, -0.15) is 0 Å². The van der Waals surface area contributed by atoms with Crippen molar-refractivity contribution in [3.05, 3.63) is 0 Å². The standard InChI is InChI=1S/2Ce.H2O4S/c;;1-5(2,3)4/h;;(H2,1,2,3,4)/p-2. The molecule has 0 fully saturated rings. The molecule has 0 unspecified atom stereocenters. The molecule has 4 nitrogen and oxygen atoms in total. The minimum absolute atomic E-state index is 0. The van der Waals surface area contributed by atoms with Gasteiger partial charge in [-0.3, -0.25) is 8.42 Å². The van der Waals surface area contributed by atoms with Gasteiger partial charge in [0.15, 0.2) is 0 Å². The molecule has 0 bridgehead atoms. The van der Waals surface area contributed by atoms with Crippen LogP contribution in [-0.2, 0) is 10.4 Å². The largest absolute Gasteiger partial charge is 0.759 e. The maximum absolute atomic E-state index is 8.52. The fourth-order valence-corrected chi connectivity index (χ4v) is 0. The summed E-state index contributed by atoms with van der Waals surface area (Å²) in [6.07, 6.45) is 0. The van der Waals surface area contributed by atoms with E-state index < -0.39 is 10.4 Å². The van der Waals surface area contributed by atoms with E-state index in [0.717, 1.165) is 0 Å². The Kier molecular flexibility index (Phi) is 15.7. The zero-order valence-electron chi connectivity index (χ0n) is 3.04. The van der Waals surface area contributed by atoms with Crippen molar-refractivity contribution in [3.63, 3.8) is 0 Å². The number of hydrogen-bond donors (Lipinski definition) is 0. The first-order chi connectivity index (χ1) is 2.00. The van der Waals surface area contributed by atoms with E-state index in [2.05, 4.69) is 0 Å². The van der Waals surface area contributed by atoms with Crippen LogP contribution in [0.15, 0.2) is 0 Å². The third-order valence-corrected chi connectivity index (χ3v) is 0. The molecule has 0 aliphatic rings. The first-order valence-corrected chi connectivity index (χ1v) is 2.00. The molecule has 0 aliphatic carbocycles. The Labute approximate surface area is 109 Å². The molecule has 40 valence electrons. The summed E-state index contributed by atoms with van der Waals surface area (Å²) < 4.78 is 34.1. The van der Waals surface area contributed by atoms with Gasteiger partial charge in [0.2, 0.25) is 0 Å². The third kappa shape index (κ3) is 55.0. The molecule has 0 saturated carbocycles. The SMILES string of the molecule is O=S(=O)([O-])[O-].[Ce].[Ce]. The summed E-state index contributed by atoms with van der Waals surface area (Å²) in [4.78, 5) is 0. The van der Waals surface area contributed by atoms with E-state index in [-0.39, 0.29) is 83.5 Å². The molecule has 0 radical (unpaired) electrons. The van der Waals surface area contributed by atoms with Gasteiger partial charge in [0.1, 0.15) is 0 Å². The molecule has 0 rings (SSSR count). The predicted molar refractivity (Wildman–Crippen MR) is 10.5 cm³/mol. The smallest absolute Gasteiger partial charge is 0.0311 e. The second-order valence-corrected chi connectivity index (χ2v) is 1.22. The van der Waals surface area contributed by atoms with Crippen LogP contribution in [0.4, 0.5) is 0 Å². The van der Waals surface area contributed by atoms with Crippen LogP contribution < -0.4 is 0 Å². The Hall–Kier alpha value is 2.62. The van der Waals surface area contributed by atoms with Crippen molar-refractivity contribution >= 4 is 10.4 Å². The molecule has 7 heteroatoms. The Bertz CT molecular complexity index is 92.9. The van der Waals surface area contributed by atoms with Gasteiger partial charge in [0.25, 0.3) is 0 Å². The maximum atomic E-state index is 8.52. The Morgan fingerprint density at radius 2 is 1.00 bits per heavy atom. The van der Waals surface area contributed by atoms with Crippen LogP contribution in [0, 0.1) is 83.5 Å². The van der Waals surface area contributed by atoms with Gasteiger partial charge in [-0.15, -0.1) is 0 Å². The molecule has 0 aromatic heterocycles. The third-order valence-electron chi connectivity index (χ3n) is 0. The number of hydrogen-bond acceptors (Lipinski definition) is 4. The monoisotopic (exact) mass is 376 g/mol. The van der Waals surface area contributed by atoms with Gasteiger partial charge in [0.05, 0.1) is 0 Å². The van der Waals surface area contributed by atoms with E-state index in [1.54, 1.807) is 0 Å². The summed E-state index contributed by atoms with van der Waals surface area (Å²) in [5.41, 5.74) is 0. The fourth-order valence-electron chi connectivity index (χ4n) is 0. The Balaban J connectivity index is -0.0000000800. The summed E-state index contributed by atoms with van der Waals surface area (Å²) in [5.74, 6) is 0. The van der Waals surface area contributed by atoms with Gasteiger partial charge in [0, 0.05) is 93.9 Å². The van der Waals surface area contributed by atoms with Gasteiger partial charge >= 0.3 is 0 Å². The molecule has 0 aromatic rings. The van der Waals surface area contributed by atoms with Gasteiger partial charge < -0.3 is 9.11 Å².